The molecular weight excluding hydrogens is 168 g/mol. The molecule has 13 heavy (non-hydrogen) atoms. The predicted molar refractivity (Wildman–Crippen MR) is 52.4 cm³/mol. The van der Waals surface area contributed by atoms with E-state index < -0.39 is 6.10 Å². The number of aliphatic hydroxyl groups is 1. The minimum Gasteiger partial charge on any atom is -0.392 e. The second-order valence-electron chi connectivity index (χ2n) is 4.26. The van der Waals surface area contributed by atoms with E-state index in [0.717, 1.165) is 0 Å². The van der Waals surface area contributed by atoms with Crippen LogP contribution in [0.25, 0.3) is 0 Å². The summed E-state index contributed by atoms with van der Waals surface area (Å²) in [5, 5.41) is 14.5. The Morgan fingerprint density at radius 2 is 2.00 bits per heavy atom. The van der Waals surface area contributed by atoms with E-state index in [1.807, 2.05) is 20.8 Å². The molecule has 4 nitrogen and oxygen atoms in total. The smallest absolute Gasteiger partial charge is 0.234 e. The lowest BCUT2D eigenvalue weighted by molar-refractivity contribution is -0.120. The van der Waals surface area contributed by atoms with Gasteiger partial charge in [0, 0.05) is 12.1 Å². The molecule has 0 radical (unpaired) electrons. The van der Waals surface area contributed by atoms with Gasteiger partial charge in [0.25, 0.3) is 0 Å². The second-order valence-corrected chi connectivity index (χ2v) is 4.26. The van der Waals surface area contributed by atoms with Crippen LogP contribution < -0.4 is 10.6 Å². The first-order chi connectivity index (χ1) is 5.81. The van der Waals surface area contributed by atoms with Crippen LogP contribution in [0.5, 0.6) is 0 Å². The largest absolute Gasteiger partial charge is 0.392 e. The molecule has 1 atom stereocenters. The highest BCUT2D eigenvalue weighted by Gasteiger charge is 2.10. The summed E-state index contributed by atoms with van der Waals surface area (Å²) in [7, 11) is 0. The standard InChI is InChI=1S/C9H20N2O2/c1-7(12)5-10-8(13)6-11-9(2,3)4/h7,11-12H,5-6H2,1-4H3,(H,10,13)/t7-/m0/s1. The first-order valence-electron chi connectivity index (χ1n) is 4.51. The first-order valence-corrected chi connectivity index (χ1v) is 4.51. The molecule has 3 N–H and O–H groups in total. The molecule has 0 heterocycles. The van der Waals surface area contributed by atoms with Crippen molar-refractivity contribution in [2.75, 3.05) is 13.1 Å². The molecule has 4 heteroatoms. The Kier molecular flexibility index (Phi) is 4.95. The van der Waals surface area contributed by atoms with E-state index in [4.69, 9.17) is 5.11 Å². The van der Waals surface area contributed by atoms with Crippen molar-refractivity contribution in [3.63, 3.8) is 0 Å². The molecule has 0 fully saturated rings. The van der Waals surface area contributed by atoms with Crippen molar-refractivity contribution >= 4 is 5.91 Å². The SMILES string of the molecule is C[C@H](O)CNC(=O)CNC(C)(C)C. The second kappa shape index (κ2) is 5.19. The predicted octanol–water partition coefficient (Wildman–Crippen LogP) is -0.128. The van der Waals surface area contributed by atoms with Gasteiger partial charge in [-0.3, -0.25) is 4.79 Å². The Morgan fingerprint density at radius 3 is 2.38 bits per heavy atom. The van der Waals surface area contributed by atoms with E-state index in [1.165, 1.54) is 0 Å². The molecule has 0 saturated heterocycles. The molecule has 0 aromatic carbocycles. The van der Waals surface area contributed by atoms with Crippen molar-refractivity contribution < 1.29 is 9.90 Å². The summed E-state index contributed by atoms with van der Waals surface area (Å²) < 4.78 is 0. The molecule has 0 bridgehead atoms. The van der Waals surface area contributed by atoms with Crippen LogP contribution in [0.1, 0.15) is 27.7 Å². The quantitative estimate of drug-likeness (QED) is 0.576. The number of aliphatic hydroxyl groups excluding tert-OH is 1. The maximum atomic E-state index is 11.1. The summed E-state index contributed by atoms with van der Waals surface area (Å²) in [6, 6.07) is 0. The van der Waals surface area contributed by atoms with E-state index in [2.05, 4.69) is 10.6 Å². The summed E-state index contributed by atoms with van der Waals surface area (Å²) in [4.78, 5) is 11.1. The molecule has 0 saturated carbocycles. The zero-order valence-electron chi connectivity index (χ0n) is 8.85. The van der Waals surface area contributed by atoms with Crippen LogP contribution >= 0.6 is 0 Å². The lowest BCUT2D eigenvalue weighted by Crippen LogP contribution is -2.44. The van der Waals surface area contributed by atoms with Crippen molar-refractivity contribution in [2.45, 2.75) is 39.3 Å². The summed E-state index contributed by atoms with van der Waals surface area (Å²) >= 11 is 0. The van der Waals surface area contributed by atoms with Crippen LogP contribution in [0.4, 0.5) is 0 Å². The summed E-state index contributed by atoms with van der Waals surface area (Å²) in [5.74, 6) is -0.0872. The average molecular weight is 188 g/mol. The fourth-order valence-electron chi connectivity index (χ4n) is 0.669. The monoisotopic (exact) mass is 188 g/mol. The van der Waals surface area contributed by atoms with Gasteiger partial charge in [0.15, 0.2) is 0 Å². The van der Waals surface area contributed by atoms with E-state index in [9.17, 15) is 4.79 Å². The molecule has 1 amide bonds. The molecular formula is C9H20N2O2. The highest BCUT2D eigenvalue weighted by Crippen LogP contribution is 1.96. The fourth-order valence-corrected chi connectivity index (χ4v) is 0.669. The molecule has 0 aliphatic carbocycles. The van der Waals surface area contributed by atoms with Crippen LogP contribution in [0.15, 0.2) is 0 Å². The molecule has 0 aromatic rings. The van der Waals surface area contributed by atoms with Gasteiger partial charge in [0.1, 0.15) is 0 Å². The van der Waals surface area contributed by atoms with Crippen molar-refractivity contribution in [3.8, 4) is 0 Å². The summed E-state index contributed by atoms with van der Waals surface area (Å²) in [5.41, 5.74) is -0.0534. The van der Waals surface area contributed by atoms with E-state index in [-0.39, 0.29) is 18.0 Å². The Bertz CT molecular complexity index is 161. The third-order valence-electron chi connectivity index (χ3n) is 1.37. The summed E-state index contributed by atoms with van der Waals surface area (Å²) in [6.45, 7) is 8.22. The highest BCUT2D eigenvalue weighted by molar-refractivity contribution is 5.78. The Labute approximate surface area is 79.7 Å². The number of carbonyl (C=O) groups excluding carboxylic acids is 1. The Morgan fingerprint density at radius 1 is 1.46 bits per heavy atom. The van der Waals surface area contributed by atoms with Crippen LogP contribution in [0.3, 0.4) is 0 Å². The molecule has 0 rings (SSSR count). The number of carbonyl (C=O) groups is 1. The van der Waals surface area contributed by atoms with Gasteiger partial charge in [-0.05, 0) is 27.7 Å². The number of nitrogens with one attached hydrogen (secondary N) is 2. The fraction of sp³-hybridized carbons (Fsp3) is 0.889. The minimum absolute atomic E-state index is 0.0534. The van der Waals surface area contributed by atoms with Crippen LogP contribution in [-0.2, 0) is 4.79 Å². The Hall–Kier alpha value is -0.610. The van der Waals surface area contributed by atoms with Crippen LogP contribution in [0.2, 0.25) is 0 Å². The minimum atomic E-state index is -0.487. The van der Waals surface area contributed by atoms with Crippen molar-refractivity contribution in [1.82, 2.24) is 10.6 Å². The normalized spacial score (nSPS) is 13.9. The number of hydrogen-bond donors (Lipinski definition) is 3. The summed E-state index contributed by atoms with van der Waals surface area (Å²) in [6.07, 6.45) is -0.487. The highest BCUT2D eigenvalue weighted by atomic mass is 16.3. The zero-order valence-corrected chi connectivity index (χ0v) is 8.85. The van der Waals surface area contributed by atoms with E-state index in [1.54, 1.807) is 6.92 Å². The average Bonchev–Trinajstić information content (AvgIpc) is 1.95. The lowest BCUT2D eigenvalue weighted by atomic mass is 10.1. The number of rotatable bonds is 4. The van der Waals surface area contributed by atoms with Gasteiger partial charge < -0.3 is 15.7 Å². The maximum absolute atomic E-state index is 11.1. The first kappa shape index (κ1) is 12.4. The zero-order chi connectivity index (χ0) is 10.5. The maximum Gasteiger partial charge on any atom is 0.234 e. The van der Waals surface area contributed by atoms with E-state index >= 15 is 0 Å². The van der Waals surface area contributed by atoms with Gasteiger partial charge in [-0.25, -0.2) is 0 Å². The molecule has 0 aliphatic heterocycles. The van der Waals surface area contributed by atoms with Crippen LogP contribution in [-0.4, -0.2) is 35.7 Å². The van der Waals surface area contributed by atoms with Gasteiger partial charge in [-0.1, -0.05) is 0 Å². The van der Waals surface area contributed by atoms with Crippen LogP contribution in [0, 0.1) is 0 Å². The van der Waals surface area contributed by atoms with Crippen molar-refractivity contribution in [2.24, 2.45) is 0 Å². The molecule has 0 unspecified atom stereocenters. The van der Waals surface area contributed by atoms with Crippen molar-refractivity contribution in [3.05, 3.63) is 0 Å². The Balaban J connectivity index is 3.53. The van der Waals surface area contributed by atoms with E-state index in [0.29, 0.717) is 6.54 Å². The number of amides is 1. The topological polar surface area (TPSA) is 61.4 Å². The van der Waals surface area contributed by atoms with Gasteiger partial charge in [-0.15, -0.1) is 0 Å². The van der Waals surface area contributed by atoms with Gasteiger partial charge >= 0.3 is 0 Å². The number of hydrogen-bond acceptors (Lipinski definition) is 3. The molecule has 0 aliphatic rings. The van der Waals surface area contributed by atoms with Gasteiger partial charge in [0.05, 0.1) is 12.6 Å². The third kappa shape index (κ3) is 9.30. The lowest BCUT2D eigenvalue weighted by Gasteiger charge is -2.20. The van der Waals surface area contributed by atoms with Gasteiger partial charge in [0.2, 0.25) is 5.91 Å². The molecule has 78 valence electrons. The van der Waals surface area contributed by atoms with Gasteiger partial charge in [-0.2, -0.15) is 0 Å². The third-order valence-corrected chi connectivity index (χ3v) is 1.37. The molecule has 0 aromatic heterocycles. The molecule has 0 spiro atoms. The van der Waals surface area contributed by atoms with Crippen molar-refractivity contribution in [1.29, 1.82) is 0 Å².